The minimum atomic E-state index is -3.53. The molecule has 1 saturated heterocycles. The van der Waals surface area contributed by atoms with Crippen LogP contribution in [0, 0.1) is 0 Å². The average Bonchev–Trinajstić information content (AvgIpc) is 3.55. The minimum absolute atomic E-state index is 0.0122. The lowest BCUT2D eigenvalue weighted by Crippen LogP contribution is -2.43. The van der Waals surface area contributed by atoms with Crippen LogP contribution < -0.4 is 0 Å². The lowest BCUT2D eigenvalue weighted by molar-refractivity contribution is 0.166. The molecule has 2 aliphatic rings. The van der Waals surface area contributed by atoms with E-state index in [9.17, 15) is 8.42 Å². The van der Waals surface area contributed by atoms with Gasteiger partial charge in [0.1, 0.15) is 4.21 Å². The van der Waals surface area contributed by atoms with Gasteiger partial charge in [0.15, 0.2) is 0 Å². The third-order valence-electron chi connectivity index (χ3n) is 7.62. The lowest BCUT2D eigenvalue weighted by atomic mass is 9.74. The van der Waals surface area contributed by atoms with E-state index in [2.05, 4.69) is 29.2 Å². The normalized spacial score (nSPS) is 18.6. The Balaban J connectivity index is 1.27. The molecule has 0 amide bonds. The summed E-state index contributed by atoms with van der Waals surface area (Å²) in [5.41, 5.74) is 2.85. The van der Waals surface area contributed by atoms with E-state index in [1.54, 1.807) is 30.6 Å². The van der Waals surface area contributed by atoms with Gasteiger partial charge in [-0.15, -0.1) is 23.1 Å². The maximum Gasteiger partial charge on any atom is 0.252 e. The van der Waals surface area contributed by atoms with Crippen molar-refractivity contribution in [1.29, 1.82) is 0 Å². The number of nitrogens with zero attached hydrogens (tertiary/aromatic N) is 2. The highest BCUT2D eigenvalue weighted by atomic mass is 35.5. The molecule has 1 atom stereocenters. The molecule has 36 heavy (non-hydrogen) atoms. The molecule has 2 aliphatic heterocycles. The molecule has 1 fully saturated rings. The van der Waals surface area contributed by atoms with E-state index in [1.807, 2.05) is 23.9 Å². The molecule has 1 spiro atoms. The Morgan fingerprint density at radius 1 is 1.06 bits per heavy atom. The van der Waals surface area contributed by atoms with Crippen LogP contribution in [0.3, 0.4) is 0 Å². The third kappa shape index (κ3) is 5.39. The van der Waals surface area contributed by atoms with E-state index in [-0.39, 0.29) is 5.92 Å². The van der Waals surface area contributed by atoms with Gasteiger partial charge < -0.3 is 4.90 Å². The van der Waals surface area contributed by atoms with E-state index in [1.165, 1.54) is 44.7 Å². The fourth-order valence-electron chi connectivity index (χ4n) is 5.38. The minimum Gasteiger partial charge on any atom is -0.303 e. The van der Waals surface area contributed by atoms with Gasteiger partial charge in [-0.05, 0) is 85.6 Å². The number of piperidine rings is 1. The largest absolute Gasteiger partial charge is 0.303 e. The molecule has 2 aromatic carbocycles. The van der Waals surface area contributed by atoms with Crippen molar-refractivity contribution in [2.24, 2.45) is 0 Å². The Morgan fingerprint density at radius 3 is 2.56 bits per heavy atom. The Labute approximate surface area is 232 Å². The van der Waals surface area contributed by atoms with Gasteiger partial charge in [0.2, 0.25) is 0 Å². The van der Waals surface area contributed by atoms with Crippen LogP contribution in [0.15, 0.2) is 69.1 Å². The summed E-state index contributed by atoms with van der Waals surface area (Å²) in [7, 11) is -1.86. The van der Waals surface area contributed by atoms with E-state index >= 15 is 0 Å². The topological polar surface area (TPSA) is 40.6 Å². The first-order chi connectivity index (χ1) is 17.3. The molecule has 4 nitrogen and oxygen atoms in total. The number of likely N-dealkylation sites (N-methyl/N-ethyl adjacent to an activating group) is 1. The van der Waals surface area contributed by atoms with Crippen molar-refractivity contribution in [3.8, 4) is 0 Å². The van der Waals surface area contributed by atoms with E-state index in [4.69, 9.17) is 23.2 Å². The smallest absolute Gasteiger partial charge is 0.252 e. The zero-order valence-electron chi connectivity index (χ0n) is 20.2. The molecule has 1 unspecified atom stereocenters. The monoisotopic (exact) mass is 580 g/mol. The summed E-state index contributed by atoms with van der Waals surface area (Å²) in [6, 6.07) is 18.0. The van der Waals surface area contributed by atoms with E-state index in [0.717, 1.165) is 31.6 Å². The number of sulfonamides is 1. The number of likely N-dealkylation sites (tertiary alicyclic amines) is 1. The predicted molar refractivity (Wildman–Crippen MR) is 152 cm³/mol. The van der Waals surface area contributed by atoms with Gasteiger partial charge in [-0.25, -0.2) is 8.42 Å². The predicted octanol–water partition coefficient (Wildman–Crippen LogP) is 6.99. The first-order valence-corrected chi connectivity index (χ1v) is 16.2. The Hall–Kier alpha value is -1.06. The molecule has 0 aliphatic carbocycles. The SMILES string of the molecule is CN(CC(CCN1CCC2(CC1)CSc1ccccc12)c1ccc(Cl)c(Cl)c1)S(=O)(=O)c1cccs1. The molecule has 1 aromatic heterocycles. The summed E-state index contributed by atoms with van der Waals surface area (Å²) in [4.78, 5) is 3.98. The molecule has 0 bridgehead atoms. The lowest BCUT2D eigenvalue weighted by Gasteiger charge is -2.40. The summed E-state index contributed by atoms with van der Waals surface area (Å²) < 4.78 is 28.1. The Kier molecular flexibility index (Phi) is 8.09. The number of hydrogen-bond acceptors (Lipinski definition) is 5. The zero-order chi connectivity index (χ0) is 25.3. The number of fused-ring (bicyclic) bond motifs is 2. The van der Waals surface area contributed by atoms with Crippen molar-refractivity contribution < 1.29 is 8.42 Å². The quantitative estimate of drug-likeness (QED) is 0.288. The second kappa shape index (κ2) is 11.0. The molecule has 0 saturated carbocycles. The van der Waals surface area contributed by atoms with Gasteiger partial charge >= 0.3 is 0 Å². The molecular weight excluding hydrogens is 551 g/mol. The van der Waals surface area contributed by atoms with E-state index in [0.29, 0.717) is 26.2 Å². The number of hydrogen-bond donors (Lipinski definition) is 0. The van der Waals surface area contributed by atoms with Crippen LogP contribution in [0.5, 0.6) is 0 Å². The second-order valence-electron chi connectivity index (χ2n) is 9.78. The number of thioether (sulfide) groups is 1. The van der Waals surface area contributed by atoms with Crippen molar-refractivity contribution >= 4 is 56.3 Å². The van der Waals surface area contributed by atoms with Gasteiger partial charge in [-0.1, -0.05) is 53.5 Å². The zero-order valence-corrected chi connectivity index (χ0v) is 24.2. The third-order valence-corrected chi connectivity index (χ3v) is 12.9. The van der Waals surface area contributed by atoms with Gasteiger partial charge in [0.05, 0.1) is 10.0 Å². The average molecular weight is 582 g/mol. The molecule has 192 valence electrons. The summed E-state index contributed by atoms with van der Waals surface area (Å²) in [5.74, 6) is 1.19. The van der Waals surface area contributed by atoms with Crippen LogP contribution >= 0.6 is 46.3 Å². The maximum absolute atomic E-state index is 13.1. The van der Waals surface area contributed by atoms with Crippen LogP contribution in [-0.2, 0) is 15.4 Å². The summed E-state index contributed by atoms with van der Waals surface area (Å²) in [5, 5.41) is 2.80. The number of rotatable bonds is 8. The summed E-state index contributed by atoms with van der Waals surface area (Å²) in [6.45, 7) is 3.43. The molecule has 9 heteroatoms. The van der Waals surface area contributed by atoms with Crippen LogP contribution in [0.1, 0.15) is 36.3 Å². The first-order valence-electron chi connectivity index (χ1n) is 12.2. The van der Waals surface area contributed by atoms with Gasteiger partial charge in [-0.2, -0.15) is 4.31 Å². The molecule has 3 heterocycles. The second-order valence-corrected chi connectivity index (χ2v) is 14.8. The van der Waals surface area contributed by atoms with E-state index < -0.39 is 10.0 Å². The first kappa shape index (κ1) is 26.5. The molecular formula is C27H30Cl2N2O2S3. The maximum atomic E-state index is 13.1. The molecule has 0 radical (unpaired) electrons. The molecule has 0 N–H and O–H groups in total. The summed E-state index contributed by atoms with van der Waals surface area (Å²) in [6.07, 6.45) is 3.18. The standard InChI is InChI=1S/C27H30Cl2N2O2S3/c1-30(36(32,33)26-7-4-16-34-26)18-21(20-8-9-23(28)24(29)17-20)10-13-31-14-11-27(12-15-31)19-35-25-6-3-2-5-22(25)27/h2-9,16-17,21H,10-15,18-19H2,1H3. The molecule has 3 aromatic rings. The molecule has 5 rings (SSSR count). The van der Waals surface area contributed by atoms with Gasteiger partial charge in [0, 0.05) is 29.7 Å². The van der Waals surface area contributed by atoms with Crippen molar-refractivity contribution in [2.45, 2.75) is 39.7 Å². The van der Waals surface area contributed by atoms with Crippen LogP contribution in [0.25, 0.3) is 0 Å². The van der Waals surface area contributed by atoms with Gasteiger partial charge in [-0.3, -0.25) is 0 Å². The fourth-order valence-corrected chi connectivity index (χ4v) is 9.60. The fraction of sp³-hybridized carbons (Fsp3) is 0.407. The van der Waals surface area contributed by atoms with Crippen molar-refractivity contribution in [3.05, 3.63) is 81.1 Å². The van der Waals surface area contributed by atoms with Crippen molar-refractivity contribution in [2.75, 3.05) is 39.0 Å². The van der Waals surface area contributed by atoms with Crippen LogP contribution in [0.2, 0.25) is 10.0 Å². The highest BCUT2D eigenvalue weighted by molar-refractivity contribution is 7.99. The van der Waals surface area contributed by atoms with Gasteiger partial charge in [0.25, 0.3) is 10.0 Å². The van der Waals surface area contributed by atoms with Crippen molar-refractivity contribution in [1.82, 2.24) is 9.21 Å². The number of benzene rings is 2. The highest BCUT2D eigenvalue weighted by Gasteiger charge is 2.41. The number of thiophene rings is 1. The highest BCUT2D eigenvalue weighted by Crippen LogP contribution is 2.49. The van der Waals surface area contributed by atoms with Crippen LogP contribution in [-0.4, -0.2) is 56.6 Å². The number of halogens is 2. The summed E-state index contributed by atoms with van der Waals surface area (Å²) >= 11 is 15.8. The Morgan fingerprint density at radius 2 is 1.83 bits per heavy atom. The van der Waals surface area contributed by atoms with Crippen LogP contribution in [0.4, 0.5) is 0 Å². The van der Waals surface area contributed by atoms with Crippen molar-refractivity contribution in [3.63, 3.8) is 0 Å². The Bertz CT molecular complexity index is 1310.